The summed E-state index contributed by atoms with van der Waals surface area (Å²) in [6.45, 7) is 6.19. The summed E-state index contributed by atoms with van der Waals surface area (Å²) < 4.78 is 2.95. The first-order chi connectivity index (χ1) is 15.0. The zero-order chi connectivity index (χ0) is 22.0. The van der Waals surface area contributed by atoms with Crippen LogP contribution in [0.4, 0.5) is 5.69 Å². The topological polar surface area (TPSA) is 81.8 Å². The van der Waals surface area contributed by atoms with Crippen molar-refractivity contribution in [2.24, 2.45) is 0 Å². The molecule has 0 aliphatic carbocycles. The average Bonchev–Trinajstić information content (AvgIpc) is 3.21. The summed E-state index contributed by atoms with van der Waals surface area (Å²) in [4.78, 5) is 29.9. The molecule has 7 heteroatoms. The highest BCUT2D eigenvalue weighted by atomic mass is 16.2. The molecule has 0 radical (unpaired) electrons. The van der Waals surface area contributed by atoms with Crippen LogP contribution >= 0.6 is 0 Å². The van der Waals surface area contributed by atoms with E-state index in [2.05, 4.69) is 29.2 Å². The van der Waals surface area contributed by atoms with E-state index in [-0.39, 0.29) is 18.0 Å². The molecule has 31 heavy (non-hydrogen) atoms. The largest absolute Gasteiger partial charge is 0.324 e. The van der Waals surface area contributed by atoms with Gasteiger partial charge in [0.05, 0.1) is 11.9 Å². The van der Waals surface area contributed by atoms with Gasteiger partial charge in [-0.05, 0) is 41.7 Å². The van der Waals surface area contributed by atoms with E-state index in [1.165, 1.54) is 22.7 Å². The zero-order valence-electron chi connectivity index (χ0n) is 17.9. The Balaban J connectivity index is 1.59. The van der Waals surface area contributed by atoms with Gasteiger partial charge < -0.3 is 5.32 Å². The molecule has 0 bridgehead atoms. The Bertz CT molecular complexity index is 1290. The highest BCUT2D eigenvalue weighted by Gasteiger charge is 2.14. The number of amides is 1. The number of para-hydroxylation sites is 1. The Morgan fingerprint density at radius 2 is 1.84 bits per heavy atom. The summed E-state index contributed by atoms with van der Waals surface area (Å²) >= 11 is 0. The van der Waals surface area contributed by atoms with Crippen molar-refractivity contribution < 1.29 is 4.79 Å². The van der Waals surface area contributed by atoms with E-state index < -0.39 is 0 Å². The standard InChI is InChI=1S/C24H25N5O2/c1-4-17-7-5-6-8-21(17)27-22(30)14-28-15-25-23-20(24(28)31)13-26-29(23)19-11-9-18(10-12-19)16(2)3/h5-13,15-16H,4,14H2,1-3H3,(H,27,30). The third-order valence-corrected chi connectivity index (χ3v) is 5.35. The minimum atomic E-state index is -0.297. The number of fused-ring (bicyclic) bond motifs is 1. The van der Waals surface area contributed by atoms with Gasteiger partial charge in [0.2, 0.25) is 5.91 Å². The van der Waals surface area contributed by atoms with E-state index in [0.717, 1.165) is 23.4 Å². The molecule has 2 aromatic carbocycles. The van der Waals surface area contributed by atoms with Crippen LogP contribution in [0.3, 0.4) is 0 Å². The summed E-state index contributed by atoms with van der Waals surface area (Å²) in [7, 11) is 0. The van der Waals surface area contributed by atoms with Crippen molar-refractivity contribution in [1.82, 2.24) is 19.3 Å². The Labute approximate surface area is 180 Å². The van der Waals surface area contributed by atoms with Gasteiger partial charge in [-0.15, -0.1) is 0 Å². The van der Waals surface area contributed by atoms with Crippen LogP contribution in [-0.2, 0) is 17.8 Å². The Morgan fingerprint density at radius 1 is 1.10 bits per heavy atom. The van der Waals surface area contributed by atoms with Gasteiger partial charge in [0, 0.05) is 5.69 Å². The van der Waals surface area contributed by atoms with Crippen molar-refractivity contribution in [1.29, 1.82) is 0 Å². The summed E-state index contributed by atoms with van der Waals surface area (Å²) in [5, 5.41) is 7.61. The average molecular weight is 415 g/mol. The summed E-state index contributed by atoms with van der Waals surface area (Å²) in [6.07, 6.45) is 3.71. The van der Waals surface area contributed by atoms with Gasteiger partial charge in [-0.2, -0.15) is 5.10 Å². The number of benzene rings is 2. The molecule has 2 heterocycles. The number of nitrogens with one attached hydrogen (secondary N) is 1. The number of nitrogens with zero attached hydrogens (tertiary/aromatic N) is 4. The van der Waals surface area contributed by atoms with Crippen molar-refractivity contribution in [3.05, 3.63) is 82.5 Å². The number of carbonyl (C=O) groups excluding carboxylic acids is 1. The molecule has 1 amide bonds. The first kappa shape index (κ1) is 20.5. The molecular weight excluding hydrogens is 390 g/mol. The molecule has 2 aromatic heterocycles. The van der Waals surface area contributed by atoms with Crippen molar-refractivity contribution in [3.63, 3.8) is 0 Å². The summed E-state index contributed by atoms with van der Waals surface area (Å²) in [6, 6.07) is 15.7. The van der Waals surface area contributed by atoms with E-state index in [4.69, 9.17) is 0 Å². The highest BCUT2D eigenvalue weighted by Crippen LogP contribution is 2.19. The number of aryl methyl sites for hydroxylation is 1. The van der Waals surface area contributed by atoms with Crippen LogP contribution in [0, 0.1) is 0 Å². The van der Waals surface area contributed by atoms with E-state index in [9.17, 15) is 9.59 Å². The molecule has 158 valence electrons. The van der Waals surface area contributed by atoms with Gasteiger partial charge in [-0.1, -0.05) is 51.1 Å². The third-order valence-electron chi connectivity index (χ3n) is 5.35. The first-order valence-electron chi connectivity index (χ1n) is 10.4. The monoisotopic (exact) mass is 415 g/mol. The van der Waals surface area contributed by atoms with E-state index in [1.54, 1.807) is 4.68 Å². The lowest BCUT2D eigenvalue weighted by atomic mass is 10.0. The van der Waals surface area contributed by atoms with Crippen LogP contribution in [0.15, 0.2) is 65.8 Å². The van der Waals surface area contributed by atoms with Crippen LogP contribution in [0.2, 0.25) is 0 Å². The predicted molar refractivity (Wildman–Crippen MR) is 122 cm³/mol. The van der Waals surface area contributed by atoms with Gasteiger partial charge in [-0.3, -0.25) is 14.2 Å². The second kappa shape index (κ2) is 8.55. The molecular formula is C24H25N5O2. The molecule has 0 aliphatic heterocycles. The van der Waals surface area contributed by atoms with Crippen LogP contribution in [-0.4, -0.2) is 25.2 Å². The molecule has 0 fully saturated rings. The normalized spacial score (nSPS) is 11.2. The third kappa shape index (κ3) is 4.12. The number of aromatic nitrogens is 4. The van der Waals surface area contributed by atoms with Gasteiger partial charge in [-0.25, -0.2) is 9.67 Å². The quantitative estimate of drug-likeness (QED) is 0.518. The van der Waals surface area contributed by atoms with Crippen molar-refractivity contribution in [2.45, 2.75) is 39.7 Å². The lowest BCUT2D eigenvalue weighted by Gasteiger charge is -2.11. The fourth-order valence-electron chi connectivity index (χ4n) is 3.55. The maximum absolute atomic E-state index is 12.9. The Kier molecular flexibility index (Phi) is 5.66. The van der Waals surface area contributed by atoms with Crippen LogP contribution < -0.4 is 10.9 Å². The molecule has 0 aliphatic rings. The second-order valence-electron chi connectivity index (χ2n) is 7.78. The predicted octanol–water partition coefficient (Wildman–Crippen LogP) is 3.91. The minimum absolute atomic E-state index is 0.117. The number of carbonyl (C=O) groups is 1. The molecule has 0 unspecified atom stereocenters. The fourth-order valence-corrected chi connectivity index (χ4v) is 3.55. The Hall–Kier alpha value is -3.74. The second-order valence-corrected chi connectivity index (χ2v) is 7.78. The van der Waals surface area contributed by atoms with Crippen molar-refractivity contribution in [3.8, 4) is 5.69 Å². The number of rotatable bonds is 6. The lowest BCUT2D eigenvalue weighted by Crippen LogP contribution is -2.28. The van der Waals surface area contributed by atoms with Crippen LogP contribution in [0.5, 0.6) is 0 Å². The molecule has 4 aromatic rings. The minimum Gasteiger partial charge on any atom is -0.324 e. The molecule has 0 saturated heterocycles. The van der Waals surface area contributed by atoms with Crippen molar-refractivity contribution in [2.75, 3.05) is 5.32 Å². The smallest absolute Gasteiger partial charge is 0.264 e. The molecule has 7 nitrogen and oxygen atoms in total. The summed E-state index contributed by atoms with van der Waals surface area (Å²) in [5.74, 6) is 0.157. The molecule has 4 rings (SSSR count). The maximum Gasteiger partial charge on any atom is 0.264 e. The number of anilines is 1. The van der Waals surface area contributed by atoms with Gasteiger partial charge in [0.15, 0.2) is 5.65 Å². The van der Waals surface area contributed by atoms with Gasteiger partial charge in [0.25, 0.3) is 5.56 Å². The maximum atomic E-state index is 12.9. The highest BCUT2D eigenvalue weighted by molar-refractivity contribution is 5.91. The lowest BCUT2D eigenvalue weighted by molar-refractivity contribution is -0.116. The van der Waals surface area contributed by atoms with Crippen LogP contribution in [0.1, 0.15) is 37.8 Å². The molecule has 1 N–H and O–H groups in total. The van der Waals surface area contributed by atoms with E-state index >= 15 is 0 Å². The zero-order valence-corrected chi connectivity index (χ0v) is 17.9. The SMILES string of the molecule is CCc1ccccc1NC(=O)Cn1cnc2c(cnn2-c2ccc(C(C)C)cc2)c1=O. The van der Waals surface area contributed by atoms with E-state index in [0.29, 0.717) is 17.0 Å². The summed E-state index contributed by atoms with van der Waals surface area (Å²) in [5.41, 5.74) is 4.03. The molecule has 0 atom stereocenters. The molecule has 0 spiro atoms. The number of hydrogen-bond acceptors (Lipinski definition) is 4. The van der Waals surface area contributed by atoms with Gasteiger partial charge in [0.1, 0.15) is 18.3 Å². The fraction of sp³-hybridized carbons (Fsp3) is 0.250. The van der Waals surface area contributed by atoms with Gasteiger partial charge >= 0.3 is 0 Å². The van der Waals surface area contributed by atoms with Crippen LogP contribution in [0.25, 0.3) is 16.7 Å². The van der Waals surface area contributed by atoms with E-state index in [1.807, 2.05) is 55.5 Å². The molecule has 0 saturated carbocycles. The first-order valence-corrected chi connectivity index (χ1v) is 10.4. The number of hydrogen-bond donors (Lipinski definition) is 1. The van der Waals surface area contributed by atoms with Crippen molar-refractivity contribution >= 4 is 22.6 Å². The Morgan fingerprint density at radius 3 is 2.55 bits per heavy atom.